The molecule has 1 amide bonds. The van der Waals surface area contributed by atoms with E-state index in [0.29, 0.717) is 5.56 Å². The van der Waals surface area contributed by atoms with Crippen molar-refractivity contribution in [1.82, 2.24) is 10.2 Å². The van der Waals surface area contributed by atoms with Crippen LogP contribution in [0, 0.1) is 17.0 Å². The van der Waals surface area contributed by atoms with E-state index in [4.69, 9.17) is 5.73 Å². The average Bonchev–Trinajstić information content (AvgIpc) is 2.93. The first-order valence-electron chi connectivity index (χ1n) is 6.44. The van der Waals surface area contributed by atoms with Crippen LogP contribution in [0.4, 0.5) is 11.4 Å². The molecule has 0 saturated carbocycles. The predicted molar refractivity (Wildman–Crippen MR) is 75.6 cm³/mol. The molecule has 108 valence electrons. The third-order valence-corrected chi connectivity index (χ3v) is 3.63. The van der Waals surface area contributed by atoms with Crippen molar-refractivity contribution < 1.29 is 9.72 Å². The Balaban J connectivity index is 2.36. The van der Waals surface area contributed by atoms with Gasteiger partial charge in [0, 0.05) is 25.7 Å². The topological polar surface area (TPSA) is 102 Å². The van der Waals surface area contributed by atoms with Gasteiger partial charge in [0.1, 0.15) is 5.69 Å². The maximum Gasteiger partial charge on any atom is 0.293 e. The third kappa shape index (κ3) is 2.57. The quantitative estimate of drug-likeness (QED) is 0.486. The molecule has 1 aromatic carbocycles. The summed E-state index contributed by atoms with van der Waals surface area (Å²) < 4.78 is 0. The molecule has 0 aromatic heterocycles. The van der Waals surface area contributed by atoms with Crippen molar-refractivity contribution >= 4 is 17.3 Å². The normalized spacial score (nSPS) is 18.0. The van der Waals surface area contributed by atoms with Crippen molar-refractivity contribution in [3.05, 3.63) is 33.4 Å². The predicted octanol–water partition coefficient (Wildman–Crippen LogP) is 0.919. The Hall–Kier alpha value is -2.15. The highest BCUT2D eigenvalue weighted by atomic mass is 16.6. The van der Waals surface area contributed by atoms with Crippen LogP contribution in [0.25, 0.3) is 0 Å². The number of carbonyl (C=O) groups excluding carboxylic acids is 1. The van der Waals surface area contributed by atoms with Crippen molar-refractivity contribution in [3.8, 4) is 0 Å². The number of anilines is 1. The van der Waals surface area contributed by atoms with Crippen LogP contribution >= 0.6 is 0 Å². The van der Waals surface area contributed by atoms with Crippen LogP contribution in [0.3, 0.4) is 0 Å². The Morgan fingerprint density at radius 3 is 2.80 bits per heavy atom. The van der Waals surface area contributed by atoms with Gasteiger partial charge in [0.25, 0.3) is 11.6 Å². The Morgan fingerprint density at radius 2 is 2.25 bits per heavy atom. The lowest BCUT2D eigenvalue weighted by Crippen LogP contribution is -2.38. The number of carbonyl (C=O) groups is 1. The molecule has 7 nitrogen and oxygen atoms in total. The van der Waals surface area contributed by atoms with Gasteiger partial charge in [-0.3, -0.25) is 14.9 Å². The highest BCUT2D eigenvalue weighted by Crippen LogP contribution is 2.28. The number of nitrogens with one attached hydrogen (secondary N) is 1. The number of rotatable bonds is 3. The van der Waals surface area contributed by atoms with Gasteiger partial charge in [0.05, 0.1) is 10.5 Å². The first kappa shape index (κ1) is 14.3. The van der Waals surface area contributed by atoms with Gasteiger partial charge in [-0.1, -0.05) is 0 Å². The van der Waals surface area contributed by atoms with Gasteiger partial charge in [-0.2, -0.15) is 0 Å². The third-order valence-electron chi connectivity index (χ3n) is 3.63. The largest absolute Gasteiger partial charge is 0.393 e. The maximum atomic E-state index is 12.5. The molecule has 3 N–H and O–H groups in total. The fourth-order valence-corrected chi connectivity index (χ4v) is 2.43. The Bertz CT molecular complexity index is 553. The number of likely N-dealkylation sites (N-methyl/N-ethyl adjacent to an activating group) is 1. The minimum atomic E-state index is -0.559. The molecule has 1 aliphatic heterocycles. The number of hydrogen-bond donors (Lipinski definition) is 2. The molecular formula is C13H18N4O3. The average molecular weight is 278 g/mol. The second kappa shape index (κ2) is 5.46. The second-order valence-electron chi connectivity index (χ2n) is 5.07. The van der Waals surface area contributed by atoms with E-state index in [1.165, 1.54) is 6.07 Å². The molecule has 1 fully saturated rings. The molecule has 0 aliphatic carbocycles. The number of aryl methyl sites for hydroxylation is 1. The first-order valence-corrected chi connectivity index (χ1v) is 6.44. The lowest BCUT2D eigenvalue weighted by atomic mass is 10.1. The lowest BCUT2D eigenvalue weighted by Gasteiger charge is -2.24. The second-order valence-corrected chi connectivity index (χ2v) is 5.07. The van der Waals surface area contributed by atoms with E-state index in [1.807, 2.05) is 0 Å². The number of nitrogen functional groups attached to an aromatic ring is 1. The summed E-state index contributed by atoms with van der Waals surface area (Å²) in [5.74, 6) is -0.275. The standard InChI is InChI=1S/C13H18N4O3/c1-8-5-10(12(14)11(6-8)17(19)20)13(18)16(2)9-3-4-15-7-9/h5-6,9,15H,3-4,7,14H2,1-2H3. The number of nitrogens with zero attached hydrogens (tertiary/aromatic N) is 2. The van der Waals surface area contributed by atoms with Crippen LogP contribution in [0.1, 0.15) is 22.3 Å². The summed E-state index contributed by atoms with van der Waals surface area (Å²) in [6.07, 6.45) is 0.871. The van der Waals surface area contributed by atoms with Gasteiger partial charge in [-0.15, -0.1) is 0 Å². The van der Waals surface area contributed by atoms with Crippen molar-refractivity contribution in [3.63, 3.8) is 0 Å². The number of nitrogens with two attached hydrogens (primary N) is 1. The monoisotopic (exact) mass is 278 g/mol. The van der Waals surface area contributed by atoms with Crippen LogP contribution in [0.5, 0.6) is 0 Å². The molecule has 2 rings (SSSR count). The van der Waals surface area contributed by atoms with Crippen LogP contribution in [-0.4, -0.2) is 41.9 Å². The van der Waals surface area contributed by atoms with E-state index < -0.39 is 4.92 Å². The smallest absolute Gasteiger partial charge is 0.293 e. The van der Waals surface area contributed by atoms with E-state index in [2.05, 4.69) is 5.32 Å². The van der Waals surface area contributed by atoms with Crippen molar-refractivity contribution in [1.29, 1.82) is 0 Å². The Morgan fingerprint density at radius 1 is 1.55 bits per heavy atom. The number of hydrogen-bond acceptors (Lipinski definition) is 5. The summed E-state index contributed by atoms with van der Waals surface area (Å²) in [5.41, 5.74) is 6.35. The van der Waals surface area contributed by atoms with E-state index in [-0.39, 0.29) is 28.9 Å². The van der Waals surface area contributed by atoms with Crippen LogP contribution in [0.15, 0.2) is 12.1 Å². The number of amides is 1. The molecule has 1 unspecified atom stereocenters. The summed E-state index contributed by atoms with van der Waals surface area (Å²) in [4.78, 5) is 24.5. The van der Waals surface area contributed by atoms with Crippen molar-refractivity contribution in [2.24, 2.45) is 0 Å². The summed E-state index contributed by atoms with van der Waals surface area (Å²) in [7, 11) is 1.70. The van der Waals surface area contributed by atoms with Gasteiger partial charge in [-0.25, -0.2) is 0 Å². The molecule has 0 radical (unpaired) electrons. The lowest BCUT2D eigenvalue weighted by molar-refractivity contribution is -0.384. The SMILES string of the molecule is Cc1cc(C(=O)N(C)C2CCNC2)c(N)c([N+](=O)[O-])c1. The number of nitro groups is 1. The van der Waals surface area contributed by atoms with Gasteiger partial charge < -0.3 is 16.0 Å². The highest BCUT2D eigenvalue weighted by molar-refractivity contribution is 6.01. The van der Waals surface area contributed by atoms with E-state index in [1.54, 1.807) is 24.9 Å². The first-order chi connectivity index (χ1) is 9.41. The summed E-state index contributed by atoms with van der Waals surface area (Å²) in [5, 5.41) is 14.1. The van der Waals surface area contributed by atoms with Crippen molar-refractivity contribution in [2.75, 3.05) is 25.9 Å². The molecule has 1 heterocycles. The summed E-state index contributed by atoms with van der Waals surface area (Å²) in [6.45, 7) is 3.31. The molecule has 1 aromatic rings. The number of benzene rings is 1. The van der Waals surface area contributed by atoms with Crippen LogP contribution in [0.2, 0.25) is 0 Å². The highest BCUT2D eigenvalue weighted by Gasteiger charge is 2.27. The van der Waals surface area contributed by atoms with Gasteiger partial charge >= 0.3 is 0 Å². The Kier molecular flexibility index (Phi) is 3.89. The summed E-state index contributed by atoms with van der Waals surface area (Å²) >= 11 is 0. The molecule has 0 bridgehead atoms. The fourth-order valence-electron chi connectivity index (χ4n) is 2.43. The maximum absolute atomic E-state index is 12.5. The van der Waals surface area contributed by atoms with Crippen LogP contribution < -0.4 is 11.1 Å². The summed E-state index contributed by atoms with van der Waals surface area (Å²) in [6, 6.07) is 3.08. The fraction of sp³-hybridized carbons (Fsp3) is 0.462. The van der Waals surface area contributed by atoms with Gasteiger partial charge in [0.2, 0.25) is 0 Å². The van der Waals surface area contributed by atoms with Gasteiger partial charge in [-0.05, 0) is 31.5 Å². The van der Waals surface area contributed by atoms with Crippen LogP contribution in [-0.2, 0) is 0 Å². The Labute approximate surface area is 116 Å². The zero-order chi connectivity index (χ0) is 14.9. The molecule has 1 saturated heterocycles. The minimum Gasteiger partial charge on any atom is -0.393 e. The molecular weight excluding hydrogens is 260 g/mol. The zero-order valence-corrected chi connectivity index (χ0v) is 11.5. The molecule has 1 aliphatic rings. The molecule has 20 heavy (non-hydrogen) atoms. The van der Waals surface area contributed by atoms with E-state index in [9.17, 15) is 14.9 Å². The van der Waals surface area contributed by atoms with E-state index >= 15 is 0 Å². The zero-order valence-electron chi connectivity index (χ0n) is 11.5. The molecule has 1 atom stereocenters. The van der Waals surface area contributed by atoms with Gasteiger partial charge in [0.15, 0.2) is 0 Å². The number of nitro benzene ring substituents is 1. The van der Waals surface area contributed by atoms with Crippen molar-refractivity contribution in [2.45, 2.75) is 19.4 Å². The minimum absolute atomic E-state index is 0.0663. The van der Waals surface area contributed by atoms with E-state index in [0.717, 1.165) is 19.5 Å². The molecule has 7 heteroatoms. The molecule has 0 spiro atoms.